The van der Waals surface area contributed by atoms with Crippen LogP contribution in [-0.4, -0.2) is 70.0 Å². The lowest BCUT2D eigenvalue weighted by Crippen LogP contribution is -2.46. The summed E-state index contributed by atoms with van der Waals surface area (Å²) >= 11 is 0. The first kappa shape index (κ1) is 22.7. The molecular formula is C27H33N5O2. The molecule has 2 fully saturated rings. The minimum Gasteiger partial charge on any atom is -0.339 e. The third-order valence-corrected chi connectivity index (χ3v) is 7.06. The fourth-order valence-electron chi connectivity index (χ4n) is 4.80. The molecule has 2 aliphatic rings. The fourth-order valence-corrected chi connectivity index (χ4v) is 4.80. The second-order valence-corrected chi connectivity index (χ2v) is 9.51. The van der Waals surface area contributed by atoms with Crippen LogP contribution in [0.2, 0.25) is 0 Å². The van der Waals surface area contributed by atoms with Gasteiger partial charge in [-0.2, -0.15) is 4.98 Å². The standard InChI is InChI=1S/C27H33N5O2/c1-20-5-9-23(10-6-20)25-28-26(34-29-25)21(2)31-17-15-30(16-18-31)19-22-7-11-24(12-8-22)27(33)32-13-3-4-14-32/h5-12,21H,3-4,13-19H2,1-2H3/t21-/m1/s1. The molecule has 7 nitrogen and oxygen atoms in total. The molecule has 0 N–H and O–H groups in total. The van der Waals surface area contributed by atoms with Crippen LogP contribution in [0.4, 0.5) is 0 Å². The summed E-state index contributed by atoms with van der Waals surface area (Å²) in [6.07, 6.45) is 2.24. The lowest BCUT2D eigenvalue weighted by molar-refractivity contribution is 0.0792. The molecule has 0 bridgehead atoms. The molecule has 0 aliphatic carbocycles. The van der Waals surface area contributed by atoms with E-state index in [1.54, 1.807) is 0 Å². The maximum atomic E-state index is 12.6. The first-order valence-corrected chi connectivity index (χ1v) is 12.3. The van der Waals surface area contributed by atoms with Gasteiger partial charge >= 0.3 is 0 Å². The molecule has 2 aliphatic heterocycles. The van der Waals surface area contributed by atoms with Gasteiger partial charge in [-0.15, -0.1) is 0 Å². The van der Waals surface area contributed by atoms with Crippen LogP contribution >= 0.6 is 0 Å². The summed E-state index contributed by atoms with van der Waals surface area (Å²) in [6.45, 7) is 10.8. The second kappa shape index (κ2) is 10.1. The lowest BCUT2D eigenvalue weighted by atomic mass is 10.1. The normalized spacial score (nSPS) is 18.4. The molecule has 3 heterocycles. The van der Waals surface area contributed by atoms with Gasteiger partial charge in [-0.05, 0) is 44.4 Å². The molecule has 0 unspecified atom stereocenters. The van der Waals surface area contributed by atoms with Crippen molar-refractivity contribution in [2.45, 2.75) is 39.3 Å². The van der Waals surface area contributed by atoms with Crippen molar-refractivity contribution in [1.82, 2.24) is 24.8 Å². The van der Waals surface area contributed by atoms with Crippen molar-refractivity contribution in [3.8, 4) is 11.4 Å². The predicted octanol–water partition coefficient (Wildman–Crippen LogP) is 4.16. The van der Waals surface area contributed by atoms with Crippen molar-refractivity contribution in [1.29, 1.82) is 0 Å². The highest BCUT2D eigenvalue weighted by atomic mass is 16.5. The number of hydrogen-bond donors (Lipinski definition) is 0. The van der Waals surface area contributed by atoms with E-state index in [1.807, 2.05) is 29.2 Å². The summed E-state index contributed by atoms with van der Waals surface area (Å²) in [4.78, 5) is 24.0. The molecular weight excluding hydrogens is 426 g/mol. The molecule has 1 amide bonds. The molecule has 178 valence electrons. The number of piperazine rings is 1. The Morgan fingerprint density at radius 2 is 1.62 bits per heavy atom. The Morgan fingerprint density at radius 1 is 0.941 bits per heavy atom. The van der Waals surface area contributed by atoms with Gasteiger partial charge in [0.2, 0.25) is 11.7 Å². The molecule has 1 atom stereocenters. The number of nitrogens with zero attached hydrogens (tertiary/aromatic N) is 5. The molecule has 3 aromatic rings. The number of carbonyl (C=O) groups excluding carboxylic acids is 1. The van der Waals surface area contributed by atoms with E-state index in [1.165, 1.54) is 11.1 Å². The number of hydrogen-bond acceptors (Lipinski definition) is 6. The van der Waals surface area contributed by atoms with Crippen molar-refractivity contribution in [2.24, 2.45) is 0 Å². The average Bonchev–Trinajstić information content (AvgIpc) is 3.58. The third kappa shape index (κ3) is 5.05. The van der Waals surface area contributed by atoms with Crippen molar-refractivity contribution in [3.05, 3.63) is 71.1 Å². The molecule has 0 radical (unpaired) electrons. The Labute approximate surface area is 201 Å². The van der Waals surface area contributed by atoms with Crippen LogP contribution in [0, 0.1) is 6.92 Å². The van der Waals surface area contributed by atoms with Crippen LogP contribution in [-0.2, 0) is 6.54 Å². The van der Waals surface area contributed by atoms with E-state index < -0.39 is 0 Å². The lowest BCUT2D eigenvalue weighted by Gasteiger charge is -2.36. The van der Waals surface area contributed by atoms with Crippen LogP contribution in [0.15, 0.2) is 53.1 Å². The van der Waals surface area contributed by atoms with Gasteiger partial charge in [0.25, 0.3) is 5.91 Å². The monoisotopic (exact) mass is 459 g/mol. The first-order chi connectivity index (χ1) is 16.6. The van der Waals surface area contributed by atoms with Gasteiger partial charge in [-0.25, -0.2) is 0 Å². The molecule has 2 aromatic carbocycles. The Hall–Kier alpha value is -3.03. The number of carbonyl (C=O) groups is 1. The molecule has 0 spiro atoms. The van der Waals surface area contributed by atoms with E-state index in [4.69, 9.17) is 4.52 Å². The van der Waals surface area contributed by atoms with Crippen LogP contribution in [0.3, 0.4) is 0 Å². The molecule has 5 rings (SSSR count). The van der Waals surface area contributed by atoms with Crippen LogP contribution in [0.25, 0.3) is 11.4 Å². The largest absolute Gasteiger partial charge is 0.339 e. The van der Waals surface area contributed by atoms with Crippen LogP contribution < -0.4 is 0 Å². The number of likely N-dealkylation sites (tertiary alicyclic amines) is 1. The number of rotatable bonds is 6. The van der Waals surface area contributed by atoms with Crippen molar-refractivity contribution in [2.75, 3.05) is 39.3 Å². The average molecular weight is 460 g/mol. The van der Waals surface area contributed by atoms with Gasteiger partial charge in [0, 0.05) is 56.9 Å². The van der Waals surface area contributed by atoms with E-state index in [2.05, 4.69) is 58.1 Å². The number of aryl methyl sites for hydroxylation is 1. The van der Waals surface area contributed by atoms with Crippen molar-refractivity contribution >= 4 is 5.91 Å². The Morgan fingerprint density at radius 3 is 2.29 bits per heavy atom. The summed E-state index contributed by atoms with van der Waals surface area (Å²) in [6, 6.07) is 16.4. The second-order valence-electron chi connectivity index (χ2n) is 9.51. The summed E-state index contributed by atoms with van der Waals surface area (Å²) in [5.41, 5.74) is 4.24. The Kier molecular flexibility index (Phi) is 6.74. The van der Waals surface area contributed by atoms with E-state index in [0.717, 1.165) is 69.8 Å². The van der Waals surface area contributed by atoms with Gasteiger partial charge < -0.3 is 9.42 Å². The Bertz CT molecular complexity index is 1090. The summed E-state index contributed by atoms with van der Waals surface area (Å²) in [5.74, 6) is 1.48. The highest BCUT2D eigenvalue weighted by Gasteiger charge is 2.26. The highest BCUT2D eigenvalue weighted by Crippen LogP contribution is 2.24. The van der Waals surface area contributed by atoms with E-state index in [0.29, 0.717) is 11.7 Å². The smallest absolute Gasteiger partial charge is 0.253 e. The summed E-state index contributed by atoms with van der Waals surface area (Å²) in [7, 11) is 0. The minimum absolute atomic E-state index is 0.0877. The Balaban J connectivity index is 1.13. The van der Waals surface area contributed by atoms with E-state index in [9.17, 15) is 4.79 Å². The third-order valence-electron chi connectivity index (χ3n) is 7.06. The fraction of sp³-hybridized carbons (Fsp3) is 0.444. The zero-order chi connectivity index (χ0) is 23.5. The zero-order valence-electron chi connectivity index (χ0n) is 20.1. The summed E-state index contributed by atoms with van der Waals surface area (Å²) < 4.78 is 5.61. The topological polar surface area (TPSA) is 65.7 Å². The van der Waals surface area contributed by atoms with Crippen molar-refractivity contribution < 1.29 is 9.32 Å². The number of aromatic nitrogens is 2. The quantitative estimate of drug-likeness (QED) is 0.552. The van der Waals surface area contributed by atoms with Crippen molar-refractivity contribution in [3.63, 3.8) is 0 Å². The molecule has 34 heavy (non-hydrogen) atoms. The van der Waals surface area contributed by atoms with Crippen LogP contribution in [0.5, 0.6) is 0 Å². The van der Waals surface area contributed by atoms with Gasteiger partial charge in [0.1, 0.15) is 0 Å². The van der Waals surface area contributed by atoms with E-state index >= 15 is 0 Å². The number of benzene rings is 2. The van der Waals surface area contributed by atoms with Gasteiger partial charge in [-0.3, -0.25) is 14.6 Å². The SMILES string of the molecule is Cc1ccc(-c2noc([C@@H](C)N3CCN(Cc4ccc(C(=O)N5CCCC5)cc4)CC3)n2)cc1. The maximum Gasteiger partial charge on any atom is 0.253 e. The number of amides is 1. The molecule has 7 heteroatoms. The minimum atomic E-state index is 0.0877. The molecule has 1 aromatic heterocycles. The zero-order valence-corrected chi connectivity index (χ0v) is 20.1. The van der Waals surface area contributed by atoms with Crippen LogP contribution in [0.1, 0.15) is 53.2 Å². The van der Waals surface area contributed by atoms with Gasteiger partial charge in [0.15, 0.2) is 0 Å². The predicted molar refractivity (Wildman–Crippen MR) is 131 cm³/mol. The highest BCUT2D eigenvalue weighted by molar-refractivity contribution is 5.94. The van der Waals surface area contributed by atoms with Gasteiger partial charge in [-0.1, -0.05) is 47.1 Å². The van der Waals surface area contributed by atoms with Gasteiger partial charge in [0.05, 0.1) is 6.04 Å². The maximum absolute atomic E-state index is 12.6. The summed E-state index contributed by atoms with van der Waals surface area (Å²) in [5, 5.41) is 4.20. The molecule has 2 saturated heterocycles. The first-order valence-electron chi connectivity index (χ1n) is 12.3. The van der Waals surface area contributed by atoms with E-state index in [-0.39, 0.29) is 11.9 Å². The molecule has 0 saturated carbocycles.